The number of allylic oxidation sites excluding steroid dienone is 2. The smallest absolute Gasteiger partial charge is 0.321 e. The van der Waals surface area contributed by atoms with Crippen LogP contribution in [-0.4, -0.2) is 49.5 Å². The minimum Gasteiger partial charge on any atom is -0.386 e. The minimum atomic E-state index is -0.0330. The summed E-state index contributed by atoms with van der Waals surface area (Å²) >= 11 is 6.16. The fourth-order valence-corrected chi connectivity index (χ4v) is 4.79. The van der Waals surface area contributed by atoms with Gasteiger partial charge in [-0.05, 0) is 67.0 Å². The van der Waals surface area contributed by atoms with Crippen molar-refractivity contribution in [3.8, 4) is 0 Å². The van der Waals surface area contributed by atoms with Crippen molar-refractivity contribution in [1.82, 2.24) is 20.9 Å². The van der Waals surface area contributed by atoms with E-state index < -0.39 is 0 Å². The number of aliphatic imine (C=N–C) groups is 1. The largest absolute Gasteiger partial charge is 0.386 e. The average molecular weight is 495 g/mol. The average Bonchev–Trinajstić information content (AvgIpc) is 2.87. The Morgan fingerprint density at radius 1 is 1.34 bits per heavy atom. The number of nitrogens with one attached hydrogen (secondary N) is 4. The van der Waals surface area contributed by atoms with Gasteiger partial charge in [-0.15, -0.1) is 0 Å². The molecule has 0 saturated carbocycles. The summed E-state index contributed by atoms with van der Waals surface area (Å²) in [6.45, 7) is 12.1. The Kier molecular flexibility index (Phi) is 8.18. The summed E-state index contributed by atoms with van der Waals surface area (Å²) in [6.07, 6.45) is 6.70. The third-order valence-corrected chi connectivity index (χ3v) is 6.82. The van der Waals surface area contributed by atoms with Crippen LogP contribution in [0, 0.1) is 12.8 Å². The Labute approximate surface area is 213 Å². The van der Waals surface area contributed by atoms with Crippen LogP contribution < -0.4 is 21.3 Å². The number of halogens is 1. The number of dihydropyridines is 1. The fourth-order valence-electron chi connectivity index (χ4n) is 4.58. The lowest BCUT2D eigenvalue weighted by atomic mass is 9.98. The second kappa shape index (κ2) is 11.5. The molecule has 3 aliphatic rings. The lowest BCUT2D eigenvalue weighted by Gasteiger charge is -2.33. The number of rotatable bonds is 7. The fraction of sp³-hybridized carbons (Fsp3) is 0.407. The predicted octanol–water partition coefficient (Wildman–Crippen LogP) is 4.62. The van der Waals surface area contributed by atoms with Crippen LogP contribution in [0.25, 0.3) is 0 Å². The van der Waals surface area contributed by atoms with Gasteiger partial charge in [-0.3, -0.25) is 0 Å². The second-order valence-electron chi connectivity index (χ2n) is 9.31. The van der Waals surface area contributed by atoms with Gasteiger partial charge in [-0.2, -0.15) is 0 Å². The van der Waals surface area contributed by atoms with Crippen LogP contribution >= 0.6 is 11.6 Å². The molecule has 0 aromatic heterocycles. The molecule has 1 unspecified atom stereocenters. The number of benzene rings is 1. The molecule has 1 aromatic rings. The number of piperidine rings is 1. The molecule has 35 heavy (non-hydrogen) atoms. The topological polar surface area (TPSA) is 80.8 Å². The van der Waals surface area contributed by atoms with Gasteiger partial charge in [-0.1, -0.05) is 37.2 Å². The normalized spacial score (nSPS) is 20.1. The maximum absolute atomic E-state index is 12.8. The quantitative estimate of drug-likeness (QED) is 0.446. The van der Waals surface area contributed by atoms with E-state index in [1.54, 1.807) is 6.20 Å². The summed E-state index contributed by atoms with van der Waals surface area (Å²) in [7, 11) is 0. The Hall–Kier alpha value is -3.19. The minimum absolute atomic E-state index is 0.0330. The molecule has 1 aromatic carbocycles. The first-order valence-corrected chi connectivity index (χ1v) is 12.7. The standard InChI is InChI=1S/C27H35ClN6O/c1-4-21-15-31-25(19(3)22-12-23(28)16-29-14-22)33-26(21)30-13-20-8-6-10-34(17-20)27(35)32-24-9-5-7-18(2)11-24/h5,7,9,11-12,16,20,29-30H,3-4,6,8,10,13-15,17H2,1-2H3,(H,31,33)(H,32,35). The Morgan fingerprint density at radius 3 is 2.97 bits per heavy atom. The van der Waals surface area contributed by atoms with E-state index in [0.717, 1.165) is 79.5 Å². The molecule has 4 rings (SSSR count). The van der Waals surface area contributed by atoms with Crippen LogP contribution in [-0.2, 0) is 0 Å². The van der Waals surface area contributed by atoms with Crippen molar-refractivity contribution in [2.24, 2.45) is 10.9 Å². The van der Waals surface area contributed by atoms with Crippen LogP contribution in [0.15, 0.2) is 75.7 Å². The number of amidine groups is 1. The molecule has 3 aliphatic heterocycles. The highest BCUT2D eigenvalue weighted by Gasteiger charge is 2.25. The lowest BCUT2D eigenvalue weighted by molar-refractivity contribution is 0.177. The van der Waals surface area contributed by atoms with Crippen molar-refractivity contribution in [2.75, 3.05) is 38.0 Å². The van der Waals surface area contributed by atoms with Gasteiger partial charge in [0.05, 0.1) is 5.03 Å². The van der Waals surface area contributed by atoms with Crippen LogP contribution in [0.5, 0.6) is 0 Å². The van der Waals surface area contributed by atoms with Crippen LogP contribution in [0.2, 0.25) is 0 Å². The van der Waals surface area contributed by atoms with E-state index in [-0.39, 0.29) is 6.03 Å². The van der Waals surface area contributed by atoms with E-state index in [1.165, 1.54) is 5.57 Å². The van der Waals surface area contributed by atoms with E-state index in [1.807, 2.05) is 42.2 Å². The molecular weight excluding hydrogens is 460 g/mol. The molecule has 0 spiro atoms. The maximum Gasteiger partial charge on any atom is 0.321 e. The van der Waals surface area contributed by atoms with E-state index >= 15 is 0 Å². The van der Waals surface area contributed by atoms with E-state index in [9.17, 15) is 4.79 Å². The number of likely N-dealkylation sites (tertiary alicyclic amines) is 1. The molecule has 2 amide bonds. The second-order valence-corrected chi connectivity index (χ2v) is 9.75. The summed E-state index contributed by atoms with van der Waals surface area (Å²) in [4.78, 5) is 19.7. The third kappa shape index (κ3) is 6.48. The molecule has 0 bridgehead atoms. The highest BCUT2D eigenvalue weighted by Crippen LogP contribution is 2.22. The van der Waals surface area contributed by atoms with Crippen molar-refractivity contribution in [1.29, 1.82) is 0 Å². The number of nitrogens with zero attached hydrogens (tertiary/aromatic N) is 2. The molecule has 8 heteroatoms. The van der Waals surface area contributed by atoms with Crippen molar-refractivity contribution >= 4 is 29.2 Å². The van der Waals surface area contributed by atoms with Crippen molar-refractivity contribution in [3.63, 3.8) is 0 Å². The molecule has 3 heterocycles. The molecule has 0 aliphatic carbocycles. The lowest BCUT2D eigenvalue weighted by Crippen LogP contribution is -2.45. The number of amides is 2. The number of urea groups is 1. The summed E-state index contributed by atoms with van der Waals surface area (Å²) in [5.41, 5.74) is 5.06. The van der Waals surface area contributed by atoms with Gasteiger partial charge in [-0.25, -0.2) is 9.79 Å². The first-order chi connectivity index (χ1) is 16.9. The van der Waals surface area contributed by atoms with E-state index in [4.69, 9.17) is 16.6 Å². The molecular formula is C27H35ClN6O. The molecule has 4 N–H and O–H groups in total. The van der Waals surface area contributed by atoms with Gasteiger partial charge in [0.1, 0.15) is 11.7 Å². The van der Waals surface area contributed by atoms with Crippen molar-refractivity contribution in [3.05, 3.63) is 76.3 Å². The summed E-state index contributed by atoms with van der Waals surface area (Å²) in [5.74, 6) is 2.05. The monoisotopic (exact) mass is 494 g/mol. The number of hydrogen-bond acceptors (Lipinski definition) is 5. The summed E-state index contributed by atoms with van der Waals surface area (Å²) < 4.78 is 0. The Balaban J connectivity index is 1.37. The highest BCUT2D eigenvalue weighted by molar-refractivity contribution is 6.31. The first kappa shape index (κ1) is 24.9. The van der Waals surface area contributed by atoms with Gasteiger partial charge < -0.3 is 26.2 Å². The Bertz CT molecular complexity index is 1100. The number of anilines is 1. The zero-order valence-electron chi connectivity index (χ0n) is 20.6. The van der Waals surface area contributed by atoms with Crippen LogP contribution in [0.4, 0.5) is 10.5 Å². The van der Waals surface area contributed by atoms with Gasteiger partial charge in [0.25, 0.3) is 0 Å². The van der Waals surface area contributed by atoms with Crippen LogP contribution in [0.1, 0.15) is 31.7 Å². The van der Waals surface area contributed by atoms with E-state index in [2.05, 4.69) is 34.8 Å². The van der Waals surface area contributed by atoms with Gasteiger partial charge >= 0.3 is 6.03 Å². The van der Waals surface area contributed by atoms with E-state index in [0.29, 0.717) is 17.5 Å². The molecule has 7 nitrogen and oxygen atoms in total. The predicted molar refractivity (Wildman–Crippen MR) is 144 cm³/mol. The van der Waals surface area contributed by atoms with Gasteiger partial charge in [0, 0.05) is 50.2 Å². The molecule has 1 saturated heterocycles. The number of carbonyl (C=O) groups excluding carboxylic acids is 1. The number of hydrogen-bond donors (Lipinski definition) is 4. The van der Waals surface area contributed by atoms with Gasteiger partial charge in [0.15, 0.2) is 0 Å². The summed E-state index contributed by atoms with van der Waals surface area (Å²) in [5, 5.41) is 13.9. The Morgan fingerprint density at radius 2 is 2.20 bits per heavy atom. The van der Waals surface area contributed by atoms with Crippen LogP contribution in [0.3, 0.4) is 0 Å². The zero-order valence-corrected chi connectivity index (χ0v) is 21.3. The SMILES string of the molecule is C=C(C1=CC(Cl)=CNC1)C1=NC(NCC2CCCN(C(=O)Nc3cccc(C)c3)C2)=C(CC)CN1. The number of carbonyl (C=O) groups is 1. The molecule has 1 fully saturated rings. The van der Waals surface area contributed by atoms with Crippen molar-refractivity contribution < 1.29 is 4.79 Å². The van der Waals surface area contributed by atoms with Crippen molar-refractivity contribution in [2.45, 2.75) is 33.1 Å². The molecule has 0 radical (unpaired) electrons. The number of aryl methyl sites for hydroxylation is 1. The molecule has 186 valence electrons. The highest BCUT2D eigenvalue weighted by atomic mass is 35.5. The maximum atomic E-state index is 12.8. The summed E-state index contributed by atoms with van der Waals surface area (Å²) in [6, 6.07) is 7.87. The third-order valence-electron chi connectivity index (χ3n) is 6.61. The van der Waals surface area contributed by atoms with Gasteiger partial charge in [0.2, 0.25) is 0 Å². The molecule has 1 atom stereocenters. The zero-order chi connectivity index (χ0) is 24.8. The first-order valence-electron chi connectivity index (χ1n) is 12.3.